The van der Waals surface area contributed by atoms with E-state index in [1.54, 1.807) is 6.07 Å². The van der Waals surface area contributed by atoms with Crippen LogP contribution in [0.15, 0.2) is 12.1 Å². The van der Waals surface area contributed by atoms with E-state index in [-0.39, 0.29) is 17.4 Å². The second-order valence-corrected chi connectivity index (χ2v) is 6.80. The summed E-state index contributed by atoms with van der Waals surface area (Å²) in [5.74, 6) is 0.171. The van der Waals surface area contributed by atoms with Gasteiger partial charge in [-0.25, -0.2) is 4.98 Å². The average molecular weight is 310 g/mol. The number of aromatic nitrogens is 1. The van der Waals surface area contributed by atoms with Crippen LogP contribution in [0.5, 0.6) is 0 Å². The first-order valence-electron chi connectivity index (χ1n) is 7.47. The van der Waals surface area contributed by atoms with Crippen molar-refractivity contribution in [2.24, 2.45) is 0 Å². The Kier molecular flexibility index (Phi) is 4.89. The Hall–Kier alpha value is -1.13. The lowest BCUT2D eigenvalue weighted by molar-refractivity contribution is 0.0557. The van der Waals surface area contributed by atoms with Crippen LogP contribution in [0.4, 0.5) is 0 Å². The van der Waals surface area contributed by atoms with Gasteiger partial charge >= 0.3 is 0 Å². The van der Waals surface area contributed by atoms with Crippen molar-refractivity contribution in [2.45, 2.75) is 44.6 Å². The molecule has 1 aliphatic carbocycles. The number of halogens is 1. The molecule has 1 saturated carbocycles. The summed E-state index contributed by atoms with van der Waals surface area (Å²) in [7, 11) is 4.15. The molecule has 0 spiro atoms. The van der Waals surface area contributed by atoms with E-state index in [0.717, 1.165) is 18.5 Å². The third kappa shape index (κ3) is 3.55. The number of carbonyl (C=O) groups is 1. The zero-order valence-corrected chi connectivity index (χ0v) is 14.0. The van der Waals surface area contributed by atoms with Gasteiger partial charge in [0.2, 0.25) is 0 Å². The monoisotopic (exact) mass is 309 g/mol. The van der Waals surface area contributed by atoms with Crippen LogP contribution in [-0.2, 0) is 0 Å². The molecule has 0 radical (unpaired) electrons. The lowest BCUT2D eigenvalue weighted by Gasteiger charge is -2.47. The molecular formula is C16H24ClN3O. The first kappa shape index (κ1) is 16.2. The molecule has 2 rings (SSSR count). The van der Waals surface area contributed by atoms with Crippen molar-refractivity contribution >= 4 is 17.5 Å². The van der Waals surface area contributed by atoms with Gasteiger partial charge in [-0.05, 0) is 51.4 Å². The van der Waals surface area contributed by atoms with E-state index in [1.807, 2.05) is 19.9 Å². The molecule has 0 unspecified atom stereocenters. The zero-order chi connectivity index (χ0) is 15.6. The zero-order valence-electron chi connectivity index (χ0n) is 13.2. The molecule has 4 nitrogen and oxygen atoms in total. The highest BCUT2D eigenvalue weighted by molar-refractivity contribution is 6.29. The van der Waals surface area contributed by atoms with E-state index in [0.29, 0.717) is 17.3 Å². The summed E-state index contributed by atoms with van der Waals surface area (Å²) in [6, 6.07) is 3.46. The highest BCUT2D eigenvalue weighted by atomic mass is 35.5. The molecule has 1 aromatic rings. The first-order valence-corrected chi connectivity index (χ1v) is 7.85. The summed E-state index contributed by atoms with van der Waals surface area (Å²) in [6.07, 6.45) is 3.50. The van der Waals surface area contributed by atoms with E-state index in [2.05, 4.69) is 29.3 Å². The molecule has 0 aromatic carbocycles. The number of hydrogen-bond donors (Lipinski definition) is 1. The Balaban J connectivity index is 2.07. The van der Waals surface area contributed by atoms with Gasteiger partial charge in [0.25, 0.3) is 5.91 Å². The Morgan fingerprint density at radius 2 is 2.10 bits per heavy atom. The van der Waals surface area contributed by atoms with E-state index in [1.165, 1.54) is 6.42 Å². The minimum atomic E-state index is -0.0747. The standard InChI is InChI=1S/C16H24ClN3O/c1-11(2)13-8-12(9-14(17)19-13)15(21)18-10-16(20(3)4)6-5-7-16/h8-9,11H,5-7,10H2,1-4H3,(H,18,21). The Morgan fingerprint density at radius 3 is 2.57 bits per heavy atom. The predicted molar refractivity (Wildman–Crippen MR) is 85.9 cm³/mol. The highest BCUT2D eigenvalue weighted by Crippen LogP contribution is 2.35. The molecule has 1 aliphatic rings. The SMILES string of the molecule is CC(C)c1cc(C(=O)NCC2(N(C)C)CCC2)cc(Cl)n1. The molecule has 1 amide bonds. The fraction of sp³-hybridized carbons (Fsp3) is 0.625. The predicted octanol–water partition coefficient (Wildman–Crippen LogP) is 3.07. The van der Waals surface area contributed by atoms with Gasteiger partial charge in [0.05, 0.1) is 0 Å². The number of rotatable bonds is 5. The number of nitrogens with zero attached hydrogens (tertiary/aromatic N) is 2. The fourth-order valence-corrected chi connectivity index (χ4v) is 2.87. The van der Waals surface area contributed by atoms with Crippen LogP contribution in [0, 0.1) is 0 Å². The molecule has 0 saturated heterocycles. The van der Waals surface area contributed by atoms with Gasteiger partial charge in [-0.3, -0.25) is 4.79 Å². The summed E-state index contributed by atoms with van der Waals surface area (Å²) < 4.78 is 0. The van der Waals surface area contributed by atoms with Gasteiger partial charge in [0.15, 0.2) is 0 Å². The van der Waals surface area contributed by atoms with Gasteiger partial charge in [-0.2, -0.15) is 0 Å². The number of amides is 1. The topological polar surface area (TPSA) is 45.2 Å². The molecule has 1 fully saturated rings. The van der Waals surface area contributed by atoms with Crippen molar-refractivity contribution in [3.05, 3.63) is 28.5 Å². The number of hydrogen-bond acceptors (Lipinski definition) is 3. The molecule has 5 heteroatoms. The van der Waals surface area contributed by atoms with Crippen molar-refractivity contribution < 1.29 is 4.79 Å². The van der Waals surface area contributed by atoms with E-state index < -0.39 is 0 Å². The van der Waals surface area contributed by atoms with Crippen molar-refractivity contribution in [1.29, 1.82) is 0 Å². The number of nitrogens with one attached hydrogen (secondary N) is 1. The van der Waals surface area contributed by atoms with Gasteiger partial charge < -0.3 is 10.2 Å². The molecule has 1 N–H and O–H groups in total. The Labute approximate surface area is 131 Å². The quantitative estimate of drug-likeness (QED) is 0.850. The number of likely N-dealkylation sites (N-methyl/N-ethyl adjacent to an activating group) is 1. The summed E-state index contributed by atoms with van der Waals surface area (Å²) in [4.78, 5) is 18.8. The molecule has 116 valence electrons. The normalized spacial score (nSPS) is 16.9. The van der Waals surface area contributed by atoms with Crippen LogP contribution in [0.1, 0.15) is 55.1 Å². The van der Waals surface area contributed by atoms with Crippen LogP contribution >= 0.6 is 11.6 Å². The van der Waals surface area contributed by atoms with Crippen LogP contribution in [0.25, 0.3) is 0 Å². The summed E-state index contributed by atoms with van der Waals surface area (Å²) in [5, 5.41) is 3.42. The summed E-state index contributed by atoms with van der Waals surface area (Å²) >= 11 is 6.02. The Morgan fingerprint density at radius 1 is 1.43 bits per heavy atom. The third-order valence-corrected chi connectivity index (χ3v) is 4.67. The lowest BCUT2D eigenvalue weighted by Crippen LogP contribution is -2.57. The molecule has 21 heavy (non-hydrogen) atoms. The average Bonchev–Trinajstić information content (AvgIpc) is 2.35. The molecule has 0 bridgehead atoms. The maximum atomic E-state index is 12.4. The maximum Gasteiger partial charge on any atom is 0.251 e. The lowest BCUT2D eigenvalue weighted by atomic mass is 9.75. The van der Waals surface area contributed by atoms with E-state index in [9.17, 15) is 4.79 Å². The largest absolute Gasteiger partial charge is 0.350 e. The molecule has 0 aliphatic heterocycles. The van der Waals surface area contributed by atoms with Crippen LogP contribution in [0.3, 0.4) is 0 Å². The molecule has 1 aromatic heterocycles. The maximum absolute atomic E-state index is 12.4. The van der Waals surface area contributed by atoms with Gasteiger partial charge in [-0.1, -0.05) is 25.4 Å². The van der Waals surface area contributed by atoms with Gasteiger partial charge in [0.1, 0.15) is 5.15 Å². The smallest absolute Gasteiger partial charge is 0.251 e. The highest BCUT2D eigenvalue weighted by Gasteiger charge is 2.39. The second kappa shape index (κ2) is 6.32. The summed E-state index contributed by atoms with van der Waals surface area (Å²) in [6.45, 7) is 4.75. The summed E-state index contributed by atoms with van der Waals surface area (Å²) in [5.41, 5.74) is 1.55. The number of carbonyl (C=O) groups excluding carboxylic acids is 1. The number of pyridine rings is 1. The molecule has 1 heterocycles. The van der Waals surface area contributed by atoms with E-state index in [4.69, 9.17) is 11.6 Å². The Bertz CT molecular complexity index is 524. The van der Waals surface area contributed by atoms with Gasteiger partial charge in [0, 0.05) is 23.3 Å². The minimum absolute atomic E-state index is 0.0747. The van der Waals surface area contributed by atoms with Crippen molar-refractivity contribution in [2.75, 3.05) is 20.6 Å². The van der Waals surface area contributed by atoms with E-state index >= 15 is 0 Å². The first-order chi connectivity index (χ1) is 9.84. The fourth-order valence-electron chi connectivity index (χ4n) is 2.66. The van der Waals surface area contributed by atoms with Crippen LogP contribution < -0.4 is 5.32 Å². The molecule has 0 atom stereocenters. The van der Waals surface area contributed by atoms with Crippen molar-refractivity contribution in [3.63, 3.8) is 0 Å². The van der Waals surface area contributed by atoms with Crippen molar-refractivity contribution in [1.82, 2.24) is 15.2 Å². The van der Waals surface area contributed by atoms with Crippen molar-refractivity contribution in [3.8, 4) is 0 Å². The molecular weight excluding hydrogens is 286 g/mol. The van der Waals surface area contributed by atoms with Crippen LogP contribution in [-0.4, -0.2) is 42.0 Å². The van der Waals surface area contributed by atoms with Crippen LogP contribution in [0.2, 0.25) is 5.15 Å². The third-order valence-electron chi connectivity index (χ3n) is 4.48. The minimum Gasteiger partial charge on any atom is -0.350 e. The van der Waals surface area contributed by atoms with Gasteiger partial charge in [-0.15, -0.1) is 0 Å². The second-order valence-electron chi connectivity index (χ2n) is 6.41.